The Balaban J connectivity index is 1.95. The number of nitrogens with zero attached hydrogens (tertiary/aromatic N) is 2. The van der Waals surface area contributed by atoms with E-state index in [4.69, 9.17) is 11.6 Å². The highest BCUT2D eigenvalue weighted by atomic mass is 35.5. The first-order chi connectivity index (χ1) is 8.27. The van der Waals surface area contributed by atoms with Crippen LogP contribution < -0.4 is 10.9 Å². The van der Waals surface area contributed by atoms with Gasteiger partial charge >= 0.3 is 0 Å². The Labute approximate surface area is 103 Å². The lowest BCUT2D eigenvalue weighted by Gasteiger charge is -2.05. The van der Waals surface area contributed by atoms with Gasteiger partial charge in [0.15, 0.2) is 5.82 Å². The fourth-order valence-corrected chi connectivity index (χ4v) is 1.55. The van der Waals surface area contributed by atoms with E-state index in [0.29, 0.717) is 12.4 Å². The molecule has 17 heavy (non-hydrogen) atoms. The molecule has 0 saturated heterocycles. The highest BCUT2D eigenvalue weighted by molar-refractivity contribution is 6.32. The van der Waals surface area contributed by atoms with E-state index in [0.717, 1.165) is 12.0 Å². The average Bonchev–Trinajstić information content (AvgIpc) is 2.36. The first-order valence-corrected chi connectivity index (χ1v) is 5.51. The molecule has 0 aromatic carbocycles. The van der Waals surface area contributed by atoms with Crippen molar-refractivity contribution in [3.8, 4) is 0 Å². The van der Waals surface area contributed by atoms with Gasteiger partial charge in [-0.25, -0.2) is 4.98 Å². The standard InChI is InChI=1S/C11H11ClN4O/c12-9-10(15-7-16-11(9)17)14-5-3-8-2-1-4-13-6-8/h1-2,4,6-7H,3,5H2,(H2,14,15,16,17). The summed E-state index contributed by atoms with van der Waals surface area (Å²) in [6.07, 6.45) is 5.64. The van der Waals surface area contributed by atoms with Gasteiger partial charge in [0.1, 0.15) is 5.02 Å². The summed E-state index contributed by atoms with van der Waals surface area (Å²) in [6.45, 7) is 0.641. The van der Waals surface area contributed by atoms with E-state index in [1.54, 1.807) is 12.4 Å². The first-order valence-electron chi connectivity index (χ1n) is 5.13. The molecule has 5 nitrogen and oxygen atoms in total. The van der Waals surface area contributed by atoms with Gasteiger partial charge in [-0.1, -0.05) is 17.7 Å². The van der Waals surface area contributed by atoms with Crippen molar-refractivity contribution in [2.45, 2.75) is 6.42 Å². The van der Waals surface area contributed by atoms with Crippen molar-refractivity contribution in [3.05, 3.63) is 51.8 Å². The largest absolute Gasteiger partial charge is 0.368 e. The van der Waals surface area contributed by atoms with Crippen LogP contribution in [0, 0.1) is 0 Å². The van der Waals surface area contributed by atoms with E-state index in [9.17, 15) is 4.79 Å². The number of aromatic nitrogens is 3. The molecule has 2 heterocycles. The molecule has 0 aliphatic carbocycles. The molecule has 2 N–H and O–H groups in total. The second-order valence-electron chi connectivity index (χ2n) is 3.43. The number of anilines is 1. The Kier molecular flexibility index (Phi) is 3.72. The zero-order valence-corrected chi connectivity index (χ0v) is 9.74. The third kappa shape index (κ3) is 3.04. The molecule has 0 atom stereocenters. The predicted octanol–water partition coefficient (Wildman–Crippen LogP) is 1.47. The zero-order chi connectivity index (χ0) is 12.1. The summed E-state index contributed by atoms with van der Waals surface area (Å²) in [4.78, 5) is 21.6. The molecule has 2 rings (SSSR count). The van der Waals surface area contributed by atoms with Gasteiger partial charge in [-0.3, -0.25) is 9.78 Å². The number of nitrogens with one attached hydrogen (secondary N) is 2. The maximum absolute atomic E-state index is 11.2. The molecule has 6 heteroatoms. The molecule has 0 aliphatic rings. The normalized spacial score (nSPS) is 10.2. The minimum absolute atomic E-state index is 0.0821. The number of H-pyrrole nitrogens is 1. The van der Waals surface area contributed by atoms with Crippen LogP contribution in [0.15, 0.2) is 35.6 Å². The van der Waals surface area contributed by atoms with Crippen molar-refractivity contribution < 1.29 is 0 Å². The maximum Gasteiger partial charge on any atom is 0.271 e. The van der Waals surface area contributed by atoms with Crippen LogP contribution in [0.25, 0.3) is 0 Å². The van der Waals surface area contributed by atoms with E-state index >= 15 is 0 Å². The van der Waals surface area contributed by atoms with Gasteiger partial charge in [-0.05, 0) is 18.1 Å². The van der Waals surface area contributed by atoms with Crippen LogP contribution in [0.5, 0.6) is 0 Å². The van der Waals surface area contributed by atoms with Crippen molar-refractivity contribution in [2.24, 2.45) is 0 Å². The van der Waals surface area contributed by atoms with Gasteiger partial charge < -0.3 is 10.3 Å². The van der Waals surface area contributed by atoms with Crippen LogP contribution >= 0.6 is 11.6 Å². The summed E-state index contributed by atoms with van der Waals surface area (Å²) in [5.74, 6) is 0.402. The molecule has 0 spiro atoms. The molecular formula is C11H11ClN4O. The number of hydrogen-bond donors (Lipinski definition) is 2. The van der Waals surface area contributed by atoms with Gasteiger partial charge in [0.2, 0.25) is 0 Å². The molecule has 0 amide bonds. The van der Waals surface area contributed by atoms with Crippen LogP contribution in [0.4, 0.5) is 5.82 Å². The monoisotopic (exact) mass is 250 g/mol. The van der Waals surface area contributed by atoms with E-state index in [-0.39, 0.29) is 10.6 Å². The van der Waals surface area contributed by atoms with Crippen molar-refractivity contribution in [2.75, 3.05) is 11.9 Å². The maximum atomic E-state index is 11.2. The number of hydrogen-bond acceptors (Lipinski definition) is 4. The number of aromatic amines is 1. The van der Waals surface area contributed by atoms with Crippen LogP contribution in [-0.4, -0.2) is 21.5 Å². The molecular weight excluding hydrogens is 240 g/mol. The molecule has 0 radical (unpaired) electrons. The van der Waals surface area contributed by atoms with Gasteiger partial charge in [0.25, 0.3) is 5.56 Å². The molecule has 0 bridgehead atoms. The lowest BCUT2D eigenvalue weighted by Crippen LogP contribution is -2.13. The lowest BCUT2D eigenvalue weighted by atomic mass is 10.2. The molecule has 2 aromatic rings. The molecule has 2 aromatic heterocycles. The third-order valence-electron chi connectivity index (χ3n) is 2.23. The Bertz CT molecular complexity index is 541. The highest BCUT2D eigenvalue weighted by Gasteiger charge is 2.04. The summed E-state index contributed by atoms with van der Waals surface area (Å²) in [6, 6.07) is 3.87. The predicted molar refractivity (Wildman–Crippen MR) is 66.3 cm³/mol. The summed E-state index contributed by atoms with van der Waals surface area (Å²) in [5, 5.41) is 3.09. The summed E-state index contributed by atoms with van der Waals surface area (Å²) in [5.41, 5.74) is 0.770. The second kappa shape index (κ2) is 5.45. The van der Waals surface area contributed by atoms with Gasteiger partial charge in [-0.2, -0.15) is 0 Å². The number of pyridine rings is 1. The fraction of sp³-hybridized carbons (Fsp3) is 0.182. The molecule has 88 valence electrons. The zero-order valence-electron chi connectivity index (χ0n) is 8.98. The third-order valence-corrected chi connectivity index (χ3v) is 2.58. The summed E-state index contributed by atoms with van der Waals surface area (Å²) < 4.78 is 0. The molecule has 0 unspecified atom stereocenters. The molecule has 0 saturated carbocycles. The van der Waals surface area contributed by atoms with Crippen LogP contribution in [0.2, 0.25) is 5.02 Å². The first kappa shape index (κ1) is 11.6. The minimum Gasteiger partial charge on any atom is -0.368 e. The smallest absolute Gasteiger partial charge is 0.271 e. The fourth-order valence-electron chi connectivity index (χ4n) is 1.38. The average molecular weight is 251 g/mol. The van der Waals surface area contributed by atoms with E-state index in [2.05, 4.69) is 20.3 Å². The number of rotatable bonds is 4. The van der Waals surface area contributed by atoms with Crippen LogP contribution in [0.3, 0.4) is 0 Å². The van der Waals surface area contributed by atoms with Crippen molar-refractivity contribution in [3.63, 3.8) is 0 Å². The number of halogens is 1. The Morgan fingerprint density at radius 3 is 3.12 bits per heavy atom. The Morgan fingerprint density at radius 1 is 1.47 bits per heavy atom. The Hall–Kier alpha value is -1.88. The second-order valence-corrected chi connectivity index (χ2v) is 3.81. The summed E-state index contributed by atoms with van der Waals surface area (Å²) in [7, 11) is 0. The van der Waals surface area contributed by atoms with E-state index in [1.165, 1.54) is 6.33 Å². The van der Waals surface area contributed by atoms with Crippen LogP contribution in [-0.2, 0) is 6.42 Å². The minimum atomic E-state index is -0.342. The van der Waals surface area contributed by atoms with Gasteiger partial charge in [-0.15, -0.1) is 0 Å². The topological polar surface area (TPSA) is 70.7 Å². The van der Waals surface area contributed by atoms with E-state index < -0.39 is 0 Å². The SMILES string of the molecule is O=c1[nH]cnc(NCCc2cccnc2)c1Cl. The van der Waals surface area contributed by atoms with Crippen molar-refractivity contribution in [1.82, 2.24) is 15.0 Å². The summed E-state index contributed by atoms with van der Waals surface area (Å²) >= 11 is 5.79. The van der Waals surface area contributed by atoms with Gasteiger partial charge in [0, 0.05) is 18.9 Å². The van der Waals surface area contributed by atoms with Gasteiger partial charge in [0.05, 0.1) is 6.33 Å². The lowest BCUT2D eigenvalue weighted by molar-refractivity contribution is 0.984. The van der Waals surface area contributed by atoms with Crippen LogP contribution in [0.1, 0.15) is 5.56 Å². The van der Waals surface area contributed by atoms with Crippen molar-refractivity contribution >= 4 is 17.4 Å². The Morgan fingerprint density at radius 2 is 2.35 bits per heavy atom. The van der Waals surface area contributed by atoms with E-state index in [1.807, 2.05) is 12.1 Å². The quantitative estimate of drug-likeness (QED) is 0.862. The highest BCUT2D eigenvalue weighted by Crippen LogP contribution is 2.11. The molecule has 0 fully saturated rings. The van der Waals surface area contributed by atoms with Crippen molar-refractivity contribution in [1.29, 1.82) is 0 Å². The molecule has 0 aliphatic heterocycles.